The quantitative estimate of drug-likeness (QED) is 0.655. The molecule has 86 valence electrons. The molecule has 3 rings (SSSR count). The summed E-state index contributed by atoms with van der Waals surface area (Å²) in [4.78, 5) is 12.0. The van der Waals surface area contributed by atoms with Gasteiger partial charge in [-0.3, -0.25) is 5.41 Å². The summed E-state index contributed by atoms with van der Waals surface area (Å²) in [5, 5.41) is 10.5. The van der Waals surface area contributed by atoms with Crippen LogP contribution in [0, 0.1) is 5.41 Å². The average molecular weight is 359 g/mol. The standard InChI is InChI=1S/C8H5Br2N7/c9-2-1-3(10)5-14-7(12)16-8-15-6(11)13-4(2)17(5)8/h1H,(H4,11,12,13,14,15,16). The summed E-state index contributed by atoms with van der Waals surface area (Å²) in [5.41, 5.74) is 6.11. The predicted molar refractivity (Wildman–Crippen MR) is 69.1 cm³/mol. The summed E-state index contributed by atoms with van der Waals surface area (Å²) in [6.45, 7) is 0. The van der Waals surface area contributed by atoms with Gasteiger partial charge >= 0.3 is 0 Å². The number of nitrogens with two attached hydrogens (primary N) is 1. The SMILES string of the molecule is N=c1nc2n3c(c(Br)cc(Br)c3n1)NC(N)=N2. The molecule has 17 heavy (non-hydrogen) atoms. The summed E-state index contributed by atoms with van der Waals surface area (Å²) in [6.07, 6.45) is 0. The molecule has 0 aromatic carbocycles. The van der Waals surface area contributed by atoms with Gasteiger partial charge in [0.15, 0.2) is 5.65 Å². The topological polar surface area (TPSA) is 104 Å². The lowest BCUT2D eigenvalue weighted by Gasteiger charge is -2.18. The molecule has 1 aliphatic rings. The van der Waals surface area contributed by atoms with Gasteiger partial charge in [0.2, 0.25) is 17.5 Å². The van der Waals surface area contributed by atoms with Crippen molar-refractivity contribution >= 4 is 55.2 Å². The minimum absolute atomic E-state index is 0.104. The highest BCUT2D eigenvalue weighted by Crippen LogP contribution is 2.32. The van der Waals surface area contributed by atoms with Crippen LogP contribution in [0.2, 0.25) is 0 Å². The number of aromatic nitrogens is 3. The number of halogens is 2. The molecule has 9 heteroatoms. The van der Waals surface area contributed by atoms with Gasteiger partial charge < -0.3 is 11.1 Å². The Labute approximate surface area is 112 Å². The van der Waals surface area contributed by atoms with Crippen molar-refractivity contribution < 1.29 is 0 Å². The first-order valence-corrected chi connectivity index (χ1v) is 6.09. The summed E-state index contributed by atoms with van der Waals surface area (Å²) in [5.74, 6) is 1.24. The number of pyridine rings is 1. The van der Waals surface area contributed by atoms with E-state index in [9.17, 15) is 0 Å². The molecule has 0 radical (unpaired) electrons. The van der Waals surface area contributed by atoms with Crippen molar-refractivity contribution in [3.8, 4) is 0 Å². The molecule has 0 saturated carbocycles. The Morgan fingerprint density at radius 3 is 2.82 bits per heavy atom. The van der Waals surface area contributed by atoms with E-state index in [0.29, 0.717) is 17.4 Å². The molecule has 4 N–H and O–H groups in total. The summed E-state index contributed by atoms with van der Waals surface area (Å²) in [6, 6.07) is 1.83. The van der Waals surface area contributed by atoms with Crippen LogP contribution in [0.15, 0.2) is 20.0 Å². The predicted octanol–water partition coefficient (Wildman–Crippen LogP) is 1.11. The lowest BCUT2D eigenvalue weighted by molar-refractivity contribution is 0.895. The van der Waals surface area contributed by atoms with Gasteiger partial charge in [-0.2, -0.15) is 15.0 Å². The van der Waals surface area contributed by atoms with Crippen molar-refractivity contribution in [3.05, 3.63) is 20.6 Å². The number of anilines is 1. The van der Waals surface area contributed by atoms with E-state index in [2.05, 4.69) is 52.1 Å². The maximum atomic E-state index is 7.53. The lowest BCUT2D eigenvalue weighted by atomic mass is 10.4. The van der Waals surface area contributed by atoms with Crippen molar-refractivity contribution in [3.63, 3.8) is 0 Å². The largest absolute Gasteiger partial charge is 0.369 e. The van der Waals surface area contributed by atoms with Crippen LogP contribution < -0.4 is 16.7 Å². The van der Waals surface area contributed by atoms with Crippen LogP contribution in [0.5, 0.6) is 0 Å². The number of nitrogens with zero attached hydrogens (tertiary/aromatic N) is 4. The molecule has 0 atom stereocenters. The number of guanidine groups is 1. The van der Waals surface area contributed by atoms with E-state index < -0.39 is 0 Å². The van der Waals surface area contributed by atoms with E-state index >= 15 is 0 Å². The van der Waals surface area contributed by atoms with Crippen LogP contribution >= 0.6 is 31.9 Å². The molecule has 0 unspecified atom stereocenters. The minimum Gasteiger partial charge on any atom is -0.369 e. The van der Waals surface area contributed by atoms with Crippen molar-refractivity contribution in [2.24, 2.45) is 10.7 Å². The van der Waals surface area contributed by atoms with Crippen molar-refractivity contribution in [2.45, 2.75) is 0 Å². The van der Waals surface area contributed by atoms with Crippen molar-refractivity contribution in [2.75, 3.05) is 5.32 Å². The van der Waals surface area contributed by atoms with Gasteiger partial charge in [0, 0.05) is 0 Å². The average Bonchev–Trinajstić information content (AvgIpc) is 2.24. The van der Waals surface area contributed by atoms with Crippen LogP contribution in [-0.2, 0) is 0 Å². The molecule has 0 saturated heterocycles. The first-order chi connectivity index (χ1) is 8.06. The Morgan fingerprint density at radius 2 is 2.06 bits per heavy atom. The van der Waals surface area contributed by atoms with Crippen LogP contribution in [-0.4, -0.2) is 20.3 Å². The van der Waals surface area contributed by atoms with Crippen LogP contribution in [0.3, 0.4) is 0 Å². The third-order valence-corrected chi connectivity index (χ3v) is 3.40. The molecule has 0 aliphatic carbocycles. The highest BCUT2D eigenvalue weighted by Gasteiger charge is 2.18. The number of aliphatic imine (C=N–C) groups is 1. The minimum atomic E-state index is -0.104. The lowest BCUT2D eigenvalue weighted by Crippen LogP contribution is -2.29. The summed E-state index contributed by atoms with van der Waals surface area (Å²) >= 11 is 6.80. The second-order valence-electron chi connectivity index (χ2n) is 3.32. The fraction of sp³-hybridized carbons (Fsp3) is 0. The fourth-order valence-electron chi connectivity index (χ4n) is 1.58. The second kappa shape index (κ2) is 3.50. The molecule has 3 heterocycles. The van der Waals surface area contributed by atoms with E-state index in [1.54, 1.807) is 4.40 Å². The smallest absolute Gasteiger partial charge is 0.247 e. The number of rotatable bonds is 0. The van der Waals surface area contributed by atoms with Gasteiger partial charge in [0.25, 0.3) is 0 Å². The molecule has 7 nitrogen and oxygen atoms in total. The number of hydrogen-bond donors (Lipinski definition) is 3. The van der Waals surface area contributed by atoms with Crippen molar-refractivity contribution in [1.29, 1.82) is 5.41 Å². The molecule has 0 spiro atoms. The Balaban J connectivity index is 2.59. The maximum absolute atomic E-state index is 7.53. The fourth-order valence-corrected chi connectivity index (χ4v) is 2.89. The third kappa shape index (κ3) is 1.53. The molecule has 2 aromatic rings. The Hall–Kier alpha value is -1.48. The van der Waals surface area contributed by atoms with Gasteiger partial charge in [-0.25, -0.2) is 4.40 Å². The monoisotopic (exact) mass is 357 g/mol. The van der Waals surface area contributed by atoms with Crippen LogP contribution in [0.1, 0.15) is 0 Å². The zero-order valence-corrected chi connectivity index (χ0v) is 11.4. The van der Waals surface area contributed by atoms with Gasteiger partial charge in [-0.1, -0.05) is 0 Å². The summed E-state index contributed by atoms with van der Waals surface area (Å²) < 4.78 is 3.22. The highest BCUT2D eigenvalue weighted by molar-refractivity contribution is 9.11. The summed E-state index contributed by atoms with van der Waals surface area (Å²) in [7, 11) is 0. The molecule has 2 aromatic heterocycles. The van der Waals surface area contributed by atoms with Gasteiger partial charge in [-0.05, 0) is 37.9 Å². The number of nitrogens with one attached hydrogen (secondary N) is 2. The van der Waals surface area contributed by atoms with E-state index in [0.717, 1.165) is 8.95 Å². The van der Waals surface area contributed by atoms with Crippen molar-refractivity contribution in [1.82, 2.24) is 14.4 Å². The third-order valence-electron chi connectivity index (χ3n) is 2.21. The second-order valence-corrected chi connectivity index (χ2v) is 5.03. The zero-order chi connectivity index (χ0) is 12.2. The molecule has 0 fully saturated rings. The maximum Gasteiger partial charge on any atom is 0.247 e. The Morgan fingerprint density at radius 1 is 1.29 bits per heavy atom. The zero-order valence-electron chi connectivity index (χ0n) is 8.20. The van der Waals surface area contributed by atoms with E-state index in [1.165, 1.54) is 0 Å². The van der Waals surface area contributed by atoms with E-state index in [1.807, 2.05) is 6.07 Å². The van der Waals surface area contributed by atoms with E-state index in [-0.39, 0.29) is 11.6 Å². The molecule has 0 amide bonds. The van der Waals surface area contributed by atoms with Gasteiger partial charge in [-0.15, -0.1) is 0 Å². The number of hydrogen-bond acceptors (Lipinski definition) is 6. The Kier molecular flexibility index (Phi) is 2.20. The molecular formula is C8H5Br2N7. The van der Waals surface area contributed by atoms with Crippen LogP contribution in [0.25, 0.3) is 5.65 Å². The van der Waals surface area contributed by atoms with Crippen LogP contribution in [0.4, 0.5) is 11.8 Å². The highest BCUT2D eigenvalue weighted by atomic mass is 79.9. The normalized spacial score (nSPS) is 13.4. The molecule has 0 bridgehead atoms. The molecular weight excluding hydrogens is 354 g/mol. The first-order valence-electron chi connectivity index (χ1n) is 4.51. The van der Waals surface area contributed by atoms with Gasteiger partial charge in [0.05, 0.1) is 8.95 Å². The Bertz CT molecular complexity index is 733. The first kappa shape index (κ1) is 10.7. The molecule has 1 aliphatic heterocycles. The van der Waals surface area contributed by atoms with E-state index in [4.69, 9.17) is 11.1 Å². The van der Waals surface area contributed by atoms with Gasteiger partial charge in [0.1, 0.15) is 5.82 Å².